The Labute approximate surface area is 151 Å². The molecule has 0 unspecified atom stereocenters. The Morgan fingerprint density at radius 2 is 2.29 bits per heavy atom. The summed E-state index contributed by atoms with van der Waals surface area (Å²) in [4.78, 5) is 14.5. The standard InChI is InChI=1S/C17H21ClN4OS/c1-2-8-21(10-13-6-7-13)16(23)11-24-17-20-19-12-22(17)15-5-3-4-14(18)9-15/h3-5,9,12-13H,2,6-8,10-11H2,1H3. The number of amides is 1. The molecule has 0 spiro atoms. The predicted octanol–water partition coefficient (Wildman–Crippen LogP) is 3.66. The second kappa shape index (κ2) is 8.03. The summed E-state index contributed by atoms with van der Waals surface area (Å²) >= 11 is 7.47. The van der Waals surface area contributed by atoms with Gasteiger partial charge in [0.05, 0.1) is 11.4 Å². The van der Waals surface area contributed by atoms with Crippen LogP contribution in [0.2, 0.25) is 5.02 Å². The highest BCUT2D eigenvalue weighted by Gasteiger charge is 2.26. The van der Waals surface area contributed by atoms with Crippen molar-refractivity contribution < 1.29 is 4.79 Å². The predicted molar refractivity (Wildman–Crippen MR) is 96.7 cm³/mol. The van der Waals surface area contributed by atoms with Gasteiger partial charge in [-0.1, -0.05) is 36.4 Å². The first kappa shape index (κ1) is 17.3. The summed E-state index contributed by atoms with van der Waals surface area (Å²) in [6.07, 6.45) is 5.14. The molecule has 7 heteroatoms. The van der Waals surface area contributed by atoms with Crippen LogP contribution in [0.15, 0.2) is 35.7 Å². The number of benzene rings is 1. The Bertz CT molecular complexity index is 701. The monoisotopic (exact) mass is 364 g/mol. The van der Waals surface area contributed by atoms with Crippen LogP contribution in [0.25, 0.3) is 5.69 Å². The lowest BCUT2D eigenvalue weighted by atomic mass is 10.3. The van der Waals surface area contributed by atoms with E-state index in [1.165, 1.54) is 24.6 Å². The third-order valence-corrected chi connectivity index (χ3v) is 5.11. The van der Waals surface area contributed by atoms with Gasteiger partial charge in [0.1, 0.15) is 6.33 Å². The average molecular weight is 365 g/mol. The van der Waals surface area contributed by atoms with Gasteiger partial charge in [0, 0.05) is 18.1 Å². The van der Waals surface area contributed by atoms with Gasteiger partial charge in [-0.3, -0.25) is 9.36 Å². The molecule has 128 valence electrons. The maximum absolute atomic E-state index is 12.5. The number of halogens is 1. The van der Waals surface area contributed by atoms with E-state index >= 15 is 0 Å². The smallest absolute Gasteiger partial charge is 0.233 e. The van der Waals surface area contributed by atoms with E-state index in [0.29, 0.717) is 21.8 Å². The Kier molecular flexibility index (Phi) is 5.79. The molecule has 2 aromatic rings. The maximum atomic E-state index is 12.5. The molecule has 5 nitrogen and oxygen atoms in total. The number of carbonyl (C=O) groups is 1. The number of hydrogen-bond donors (Lipinski definition) is 0. The lowest BCUT2D eigenvalue weighted by molar-refractivity contribution is -0.128. The van der Waals surface area contributed by atoms with Gasteiger partial charge in [0.15, 0.2) is 5.16 Å². The third kappa shape index (κ3) is 4.51. The number of rotatable bonds is 8. The van der Waals surface area contributed by atoms with Crippen molar-refractivity contribution in [1.29, 1.82) is 0 Å². The van der Waals surface area contributed by atoms with Crippen LogP contribution in [0.5, 0.6) is 0 Å². The maximum Gasteiger partial charge on any atom is 0.233 e. The molecule has 1 aliphatic carbocycles. The van der Waals surface area contributed by atoms with E-state index in [2.05, 4.69) is 17.1 Å². The highest BCUT2D eigenvalue weighted by atomic mass is 35.5. The van der Waals surface area contributed by atoms with Crippen LogP contribution < -0.4 is 0 Å². The van der Waals surface area contributed by atoms with Crippen LogP contribution in [0.1, 0.15) is 26.2 Å². The largest absolute Gasteiger partial charge is 0.342 e. The molecule has 1 fully saturated rings. The highest BCUT2D eigenvalue weighted by Crippen LogP contribution is 2.30. The minimum atomic E-state index is 0.175. The van der Waals surface area contributed by atoms with Crippen molar-refractivity contribution in [2.75, 3.05) is 18.8 Å². The van der Waals surface area contributed by atoms with Gasteiger partial charge < -0.3 is 4.90 Å². The Morgan fingerprint density at radius 1 is 1.46 bits per heavy atom. The molecule has 24 heavy (non-hydrogen) atoms. The van der Waals surface area contributed by atoms with Gasteiger partial charge in [-0.2, -0.15) is 0 Å². The van der Waals surface area contributed by atoms with Crippen molar-refractivity contribution in [1.82, 2.24) is 19.7 Å². The molecule has 1 aliphatic rings. The van der Waals surface area contributed by atoms with Crippen molar-refractivity contribution in [3.05, 3.63) is 35.6 Å². The molecule has 0 saturated heterocycles. The third-order valence-electron chi connectivity index (χ3n) is 3.95. The zero-order chi connectivity index (χ0) is 16.9. The lowest BCUT2D eigenvalue weighted by Crippen LogP contribution is -2.35. The van der Waals surface area contributed by atoms with Crippen molar-refractivity contribution in [2.24, 2.45) is 5.92 Å². The van der Waals surface area contributed by atoms with Gasteiger partial charge >= 0.3 is 0 Å². The fourth-order valence-electron chi connectivity index (χ4n) is 2.54. The molecule has 1 aromatic carbocycles. The van der Waals surface area contributed by atoms with Crippen molar-refractivity contribution in [3.8, 4) is 5.69 Å². The number of thioether (sulfide) groups is 1. The highest BCUT2D eigenvalue weighted by molar-refractivity contribution is 7.99. The molecule has 3 rings (SSSR count). The van der Waals surface area contributed by atoms with E-state index in [0.717, 1.165) is 25.2 Å². The quantitative estimate of drug-likeness (QED) is 0.671. The summed E-state index contributed by atoms with van der Waals surface area (Å²) in [5.41, 5.74) is 0.894. The summed E-state index contributed by atoms with van der Waals surface area (Å²) in [6.45, 7) is 3.83. The summed E-state index contributed by atoms with van der Waals surface area (Å²) in [5, 5.41) is 9.47. The molecule has 1 amide bonds. The summed E-state index contributed by atoms with van der Waals surface area (Å²) in [5.74, 6) is 1.27. The van der Waals surface area contributed by atoms with E-state index in [-0.39, 0.29) is 5.91 Å². The van der Waals surface area contributed by atoms with Crippen LogP contribution in [0.3, 0.4) is 0 Å². The molecule has 0 aliphatic heterocycles. The minimum Gasteiger partial charge on any atom is -0.342 e. The van der Waals surface area contributed by atoms with Gasteiger partial charge in [-0.05, 0) is 43.4 Å². The number of hydrogen-bond acceptors (Lipinski definition) is 4. The number of nitrogens with zero attached hydrogens (tertiary/aromatic N) is 4. The molecule has 0 N–H and O–H groups in total. The van der Waals surface area contributed by atoms with E-state index in [1.54, 1.807) is 6.33 Å². The van der Waals surface area contributed by atoms with E-state index in [9.17, 15) is 4.79 Å². The van der Waals surface area contributed by atoms with E-state index in [1.807, 2.05) is 33.7 Å². The normalized spacial score (nSPS) is 13.9. The fraction of sp³-hybridized carbons (Fsp3) is 0.471. The molecular formula is C17H21ClN4OS. The minimum absolute atomic E-state index is 0.175. The van der Waals surface area contributed by atoms with Gasteiger partial charge in [-0.15, -0.1) is 10.2 Å². The molecule has 0 radical (unpaired) electrons. The summed E-state index contributed by atoms with van der Waals surface area (Å²) in [7, 11) is 0. The second-order valence-electron chi connectivity index (χ2n) is 6.04. The van der Waals surface area contributed by atoms with Crippen LogP contribution in [0, 0.1) is 5.92 Å². The Morgan fingerprint density at radius 3 is 3.00 bits per heavy atom. The first-order valence-corrected chi connectivity index (χ1v) is 9.60. The van der Waals surface area contributed by atoms with Gasteiger partial charge in [-0.25, -0.2) is 0 Å². The van der Waals surface area contributed by atoms with Crippen LogP contribution in [0.4, 0.5) is 0 Å². The molecule has 1 aromatic heterocycles. The summed E-state index contributed by atoms with van der Waals surface area (Å²) in [6, 6.07) is 7.51. The van der Waals surface area contributed by atoms with Crippen LogP contribution in [-0.4, -0.2) is 44.4 Å². The van der Waals surface area contributed by atoms with E-state index < -0.39 is 0 Å². The van der Waals surface area contributed by atoms with Crippen LogP contribution >= 0.6 is 23.4 Å². The molecule has 1 heterocycles. The Balaban J connectivity index is 1.64. The first-order chi connectivity index (χ1) is 11.7. The second-order valence-corrected chi connectivity index (χ2v) is 7.41. The zero-order valence-electron chi connectivity index (χ0n) is 13.7. The van der Waals surface area contributed by atoms with Crippen molar-refractivity contribution >= 4 is 29.3 Å². The van der Waals surface area contributed by atoms with Gasteiger partial charge in [0.25, 0.3) is 0 Å². The molecule has 1 saturated carbocycles. The summed E-state index contributed by atoms with van der Waals surface area (Å²) < 4.78 is 1.86. The van der Waals surface area contributed by atoms with Crippen LogP contribution in [-0.2, 0) is 4.79 Å². The number of carbonyl (C=O) groups excluding carboxylic acids is 1. The lowest BCUT2D eigenvalue weighted by Gasteiger charge is -2.21. The van der Waals surface area contributed by atoms with E-state index in [4.69, 9.17) is 11.6 Å². The SMILES string of the molecule is CCCN(CC1CC1)C(=O)CSc1nncn1-c1cccc(Cl)c1. The van der Waals surface area contributed by atoms with Gasteiger partial charge in [0.2, 0.25) is 5.91 Å². The number of aromatic nitrogens is 3. The molecule has 0 bridgehead atoms. The molecule has 0 atom stereocenters. The average Bonchev–Trinajstić information content (AvgIpc) is 3.26. The Hall–Kier alpha value is -1.53. The first-order valence-electron chi connectivity index (χ1n) is 8.24. The zero-order valence-corrected chi connectivity index (χ0v) is 15.3. The van der Waals surface area contributed by atoms with Crippen molar-refractivity contribution in [3.63, 3.8) is 0 Å². The topological polar surface area (TPSA) is 51.0 Å². The van der Waals surface area contributed by atoms with Crippen molar-refractivity contribution in [2.45, 2.75) is 31.3 Å². The molecular weight excluding hydrogens is 344 g/mol. The fourth-order valence-corrected chi connectivity index (χ4v) is 3.56.